The molecular formula is C18H28N2OS. The van der Waals surface area contributed by atoms with E-state index in [9.17, 15) is 0 Å². The molecule has 0 N–H and O–H groups in total. The molecule has 1 aromatic carbocycles. The van der Waals surface area contributed by atoms with Crippen LogP contribution in [0.1, 0.15) is 19.8 Å². The highest BCUT2D eigenvalue weighted by molar-refractivity contribution is 7.99. The number of thioether (sulfide) groups is 1. The summed E-state index contributed by atoms with van der Waals surface area (Å²) in [7, 11) is 0. The molecule has 0 aliphatic carbocycles. The van der Waals surface area contributed by atoms with Crippen LogP contribution in [0.4, 0.5) is 0 Å². The predicted octanol–water partition coefficient (Wildman–Crippen LogP) is 2.96. The lowest BCUT2D eigenvalue weighted by molar-refractivity contribution is -0.0431. The zero-order chi connectivity index (χ0) is 15.2. The molecule has 0 unspecified atom stereocenters. The average molecular weight is 321 g/mol. The summed E-state index contributed by atoms with van der Waals surface area (Å²) in [5, 5.41) is 0. The van der Waals surface area contributed by atoms with Crippen molar-refractivity contribution in [2.45, 2.75) is 36.8 Å². The Balaban J connectivity index is 1.35. The summed E-state index contributed by atoms with van der Waals surface area (Å²) in [5.41, 5.74) is 0. The van der Waals surface area contributed by atoms with Crippen molar-refractivity contribution in [3.8, 4) is 0 Å². The van der Waals surface area contributed by atoms with Gasteiger partial charge in [-0.15, -0.1) is 11.8 Å². The second-order valence-electron chi connectivity index (χ2n) is 6.41. The van der Waals surface area contributed by atoms with Gasteiger partial charge in [-0.2, -0.15) is 0 Å². The van der Waals surface area contributed by atoms with Gasteiger partial charge in [-0.05, 0) is 45.0 Å². The van der Waals surface area contributed by atoms with Crippen molar-refractivity contribution in [2.75, 3.05) is 45.1 Å². The molecule has 2 aliphatic rings. The Morgan fingerprint density at radius 1 is 1.14 bits per heavy atom. The highest BCUT2D eigenvalue weighted by Gasteiger charge is 2.27. The molecule has 22 heavy (non-hydrogen) atoms. The topological polar surface area (TPSA) is 15.7 Å². The van der Waals surface area contributed by atoms with Gasteiger partial charge in [0.15, 0.2) is 0 Å². The van der Waals surface area contributed by atoms with Crippen molar-refractivity contribution in [2.24, 2.45) is 0 Å². The second-order valence-corrected chi connectivity index (χ2v) is 7.58. The fourth-order valence-corrected chi connectivity index (χ4v) is 4.43. The van der Waals surface area contributed by atoms with Crippen LogP contribution >= 0.6 is 11.8 Å². The first-order valence-corrected chi connectivity index (χ1v) is 9.55. The van der Waals surface area contributed by atoms with Crippen LogP contribution in [0.25, 0.3) is 0 Å². The van der Waals surface area contributed by atoms with Crippen molar-refractivity contribution in [3.05, 3.63) is 30.3 Å². The Hall–Kier alpha value is -0.550. The normalized spacial score (nSPS) is 25.4. The first-order valence-electron chi connectivity index (χ1n) is 8.57. The van der Waals surface area contributed by atoms with Crippen LogP contribution in [0.5, 0.6) is 0 Å². The van der Waals surface area contributed by atoms with Crippen LogP contribution in [0.2, 0.25) is 0 Å². The molecule has 0 bridgehead atoms. The van der Waals surface area contributed by atoms with Gasteiger partial charge in [0.2, 0.25) is 0 Å². The fourth-order valence-electron chi connectivity index (χ4n) is 3.49. The molecule has 2 saturated heterocycles. The molecule has 2 heterocycles. The molecule has 0 radical (unpaired) electrons. The number of ether oxygens (including phenoxy) is 1. The molecule has 4 heteroatoms. The standard InChI is InChI=1S/C18H28N2OS/c1-16-15-20(11-13-21-16)17-7-9-19(10-8-17)12-14-22-18-5-3-2-4-6-18/h2-6,16-17H,7-15H2,1H3/t16-/m1/s1. The summed E-state index contributed by atoms with van der Waals surface area (Å²) < 4.78 is 5.66. The molecular weight excluding hydrogens is 292 g/mol. The summed E-state index contributed by atoms with van der Waals surface area (Å²) in [6.07, 6.45) is 3.06. The van der Waals surface area contributed by atoms with E-state index in [2.05, 4.69) is 47.1 Å². The molecule has 1 aromatic rings. The Morgan fingerprint density at radius 3 is 2.64 bits per heavy atom. The minimum absolute atomic E-state index is 0.411. The first-order chi connectivity index (χ1) is 10.8. The Labute approximate surface area is 139 Å². The van der Waals surface area contributed by atoms with E-state index in [0.29, 0.717) is 6.10 Å². The summed E-state index contributed by atoms with van der Waals surface area (Å²) in [6, 6.07) is 11.5. The number of morpholine rings is 1. The maximum atomic E-state index is 5.66. The van der Waals surface area contributed by atoms with Gasteiger partial charge in [-0.3, -0.25) is 4.90 Å². The Kier molecular flexibility index (Phi) is 6.19. The number of benzene rings is 1. The Morgan fingerprint density at radius 2 is 1.91 bits per heavy atom. The van der Waals surface area contributed by atoms with Crippen molar-refractivity contribution in [1.29, 1.82) is 0 Å². The van der Waals surface area contributed by atoms with Crippen LogP contribution in [0.15, 0.2) is 35.2 Å². The van der Waals surface area contributed by atoms with E-state index in [-0.39, 0.29) is 0 Å². The van der Waals surface area contributed by atoms with Crippen LogP contribution in [0.3, 0.4) is 0 Å². The number of nitrogens with zero attached hydrogens (tertiary/aromatic N) is 2. The largest absolute Gasteiger partial charge is 0.376 e. The fraction of sp³-hybridized carbons (Fsp3) is 0.667. The molecule has 0 aromatic heterocycles. The van der Waals surface area contributed by atoms with Gasteiger partial charge >= 0.3 is 0 Å². The van der Waals surface area contributed by atoms with E-state index in [1.54, 1.807) is 0 Å². The van der Waals surface area contributed by atoms with Crippen molar-refractivity contribution < 1.29 is 4.74 Å². The van der Waals surface area contributed by atoms with Gasteiger partial charge in [0.05, 0.1) is 12.7 Å². The molecule has 3 rings (SSSR count). The first kappa shape index (κ1) is 16.3. The number of likely N-dealkylation sites (tertiary alicyclic amines) is 1. The summed E-state index contributed by atoms with van der Waals surface area (Å²) in [6.45, 7) is 9.08. The summed E-state index contributed by atoms with van der Waals surface area (Å²) in [4.78, 5) is 6.68. The maximum absolute atomic E-state index is 5.66. The SMILES string of the molecule is C[C@@H]1CN(C2CCN(CCSc3ccccc3)CC2)CCO1. The van der Waals surface area contributed by atoms with Gasteiger partial charge in [0, 0.05) is 36.3 Å². The van der Waals surface area contributed by atoms with E-state index in [4.69, 9.17) is 4.74 Å². The molecule has 0 amide bonds. The van der Waals surface area contributed by atoms with Crippen molar-refractivity contribution in [1.82, 2.24) is 9.80 Å². The third-order valence-electron chi connectivity index (χ3n) is 4.77. The summed E-state index contributed by atoms with van der Waals surface area (Å²) in [5.74, 6) is 1.20. The van der Waals surface area contributed by atoms with Crippen LogP contribution in [0, 0.1) is 0 Å². The monoisotopic (exact) mass is 320 g/mol. The van der Waals surface area contributed by atoms with Gasteiger partial charge in [0.25, 0.3) is 0 Å². The summed E-state index contributed by atoms with van der Waals surface area (Å²) >= 11 is 1.97. The zero-order valence-electron chi connectivity index (χ0n) is 13.6. The minimum Gasteiger partial charge on any atom is -0.376 e. The molecule has 3 nitrogen and oxygen atoms in total. The lowest BCUT2D eigenvalue weighted by Gasteiger charge is -2.41. The van der Waals surface area contributed by atoms with E-state index in [0.717, 1.165) is 25.7 Å². The number of hydrogen-bond acceptors (Lipinski definition) is 4. The van der Waals surface area contributed by atoms with Gasteiger partial charge in [-0.25, -0.2) is 0 Å². The van der Waals surface area contributed by atoms with Crippen molar-refractivity contribution >= 4 is 11.8 Å². The Bertz CT molecular complexity index is 434. The van der Waals surface area contributed by atoms with E-state index >= 15 is 0 Å². The van der Waals surface area contributed by atoms with E-state index in [1.165, 1.54) is 43.1 Å². The number of piperidine rings is 1. The second kappa shape index (κ2) is 8.34. The molecule has 122 valence electrons. The number of hydrogen-bond donors (Lipinski definition) is 0. The lowest BCUT2D eigenvalue weighted by Crippen LogP contribution is -2.51. The number of rotatable bonds is 5. The molecule has 2 aliphatic heterocycles. The quantitative estimate of drug-likeness (QED) is 0.775. The van der Waals surface area contributed by atoms with Gasteiger partial charge in [0.1, 0.15) is 0 Å². The minimum atomic E-state index is 0.411. The molecule has 0 spiro atoms. The lowest BCUT2D eigenvalue weighted by atomic mass is 10.0. The third-order valence-corrected chi connectivity index (χ3v) is 5.76. The van der Waals surface area contributed by atoms with E-state index in [1.807, 2.05) is 11.8 Å². The highest BCUT2D eigenvalue weighted by atomic mass is 32.2. The van der Waals surface area contributed by atoms with Gasteiger partial charge in [-0.1, -0.05) is 18.2 Å². The average Bonchev–Trinajstić information content (AvgIpc) is 2.56. The third kappa shape index (κ3) is 4.72. The van der Waals surface area contributed by atoms with Crippen LogP contribution in [-0.2, 0) is 4.74 Å². The maximum Gasteiger partial charge on any atom is 0.0674 e. The van der Waals surface area contributed by atoms with Gasteiger partial charge < -0.3 is 9.64 Å². The molecule has 1 atom stereocenters. The van der Waals surface area contributed by atoms with Crippen LogP contribution < -0.4 is 0 Å². The highest BCUT2D eigenvalue weighted by Crippen LogP contribution is 2.21. The van der Waals surface area contributed by atoms with Crippen LogP contribution in [-0.4, -0.2) is 67.0 Å². The predicted molar refractivity (Wildman–Crippen MR) is 93.6 cm³/mol. The smallest absolute Gasteiger partial charge is 0.0674 e. The molecule has 0 saturated carbocycles. The van der Waals surface area contributed by atoms with Crippen molar-refractivity contribution in [3.63, 3.8) is 0 Å². The molecule has 2 fully saturated rings. The van der Waals surface area contributed by atoms with E-state index < -0.39 is 0 Å². The zero-order valence-corrected chi connectivity index (χ0v) is 14.4.